The molecule has 0 bridgehead atoms. The van der Waals surface area contributed by atoms with E-state index in [1.54, 1.807) is 17.5 Å². The average molecular weight is 409 g/mol. The first-order valence-corrected chi connectivity index (χ1v) is 11.2. The Kier molecular flexibility index (Phi) is 5.42. The number of aliphatic carboxylic acids is 1. The van der Waals surface area contributed by atoms with Crippen molar-refractivity contribution in [2.45, 2.75) is 44.3 Å². The number of piperidine rings is 1. The molecular weight excluding hydrogens is 384 g/mol. The number of carboxylic acid groups (broad SMARTS) is 1. The SMILES string of the molecule is Cc1cc(C2CCN(S(=O)(=O)C(C)(C)C(=O)O)CC2)ccc1-c1nccs1. The standard InChI is InChI=1S/C19H24N2O4S2/c1-13-12-15(4-5-16(13)17-20-8-11-26-17)14-6-9-21(10-7-14)27(24,25)19(2,3)18(22)23/h4-5,8,11-12,14H,6-7,9-10H2,1-3H3,(H,22,23). The molecule has 0 spiro atoms. The van der Waals surface area contributed by atoms with Gasteiger partial charge in [0.2, 0.25) is 10.0 Å². The fraction of sp³-hybridized carbons (Fsp3) is 0.474. The maximum atomic E-state index is 12.7. The summed E-state index contributed by atoms with van der Waals surface area (Å²) >= 11 is 1.61. The normalized spacial score (nSPS) is 17.1. The van der Waals surface area contributed by atoms with E-state index in [2.05, 4.69) is 30.1 Å². The van der Waals surface area contributed by atoms with Crippen molar-refractivity contribution in [3.8, 4) is 10.6 Å². The zero-order valence-electron chi connectivity index (χ0n) is 15.7. The van der Waals surface area contributed by atoms with Gasteiger partial charge in [-0.1, -0.05) is 18.2 Å². The van der Waals surface area contributed by atoms with Crippen molar-refractivity contribution in [1.82, 2.24) is 9.29 Å². The van der Waals surface area contributed by atoms with Crippen LogP contribution in [0, 0.1) is 6.92 Å². The van der Waals surface area contributed by atoms with Gasteiger partial charge >= 0.3 is 5.97 Å². The molecule has 2 aromatic rings. The highest BCUT2D eigenvalue weighted by Crippen LogP contribution is 2.34. The van der Waals surface area contributed by atoms with Crippen LogP contribution >= 0.6 is 11.3 Å². The van der Waals surface area contributed by atoms with Gasteiger partial charge in [0.05, 0.1) is 0 Å². The summed E-state index contributed by atoms with van der Waals surface area (Å²) in [6.45, 7) is 5.25. The van der Waals surface area contributed by atoms with Crippen molar-refractivity contribution in [2.24, 2.45) is 0 Å². The van der Waals surface area contributed by atoms with Crippen molar-refractivity contribution in [2.75, 3.05) is 13.1 Å². The van der Waals surface area contributed by atoms with Crippen molar-refractivity contribution in [1.29, 1.82) is 0 Å². The van der Waals surface area contributed by atoms with E-state index >= 15 is 0 Å². The molecule has 1 N–H and O–H groups in total. The highest BCUT2D eigenvalue weighted by atomic mass is 32.2. The second-order valence-electron chi connectivity index (χ2n) is 7.41. The molecule has 146 valence electrons. The second-order valence-corrected chi connectivity index (χ2v) is 10.8. The molecule has 27 heavy (non-hydrogen) atoms. The maximum absolute atomic E-state index is 12.7. The summed E-state index contributed by atoms with van der Waals surface area (Å²) in [5, 5.41) is 12.2. The largest absolute Gasteiger partial charge is 0.480 e. The first-order valence-electron chi connectivity index (χ1n) is 8.88. The number of thiazole rings is 1. The minimum absolute atomic E-state index is 0.272. The third-order valence-corrected chi connectivity index (χ3v) is 8.65. The quantitative estimate of drug-likeness (QED) is 0.818. The Bertz CT molecular complexity index is 929. The van der Waals surface area contributed by atoms with Gasteiger partial charge in [-0.25, -0.2) is 17.7 Å². The Balaban J connectivity index is 1.73. The van der Waals surface area contributed by atoms with Crippen LogP contribution in [0.3, 0.4) is 0 Å². The predicted molar refractivity (Wildman–Crippen MR) is 106 cm³/mol. The van der Waals surface area contributed by atoms with Crippen molar-refractivity contribution in [3.63, 3.8) is 0 Å². The Labute approximate surface area is 163 Å². The Morgan fingerprint density at radius 1 is 1.30 bits per heavy atom. The molecule has 1 aromatic carbocycles. The van der Waals surface area contributed by atoms with Crippen LogP contribution in [0.2, 0.25) is 0 Å². The van der Waals surface area contributed by atoms with Gasteiger partial charge in [-0.05, 0) is 50.7 Å². The van der Waals surface area contributed by atoms with Crippen LogP contribution in [0.4, 0.5) is 0 Å². The molecule has 0 radical (unpaired) electrons. The second kappa shape index (κ2) is 7.33. The van der Waals surface area contributed by atoms with Crippen LogP contribution in [0.15, 0.2) is 29.8 Å². The Hall–Kier alpha value is -1.77. The molecule has 1 aliphatic heterocycles. The van der Waals surface area contributed by atoms with Gasteiger partial charge in [0.25, 0.3) is 0 Å². The summed E-state index contributed by atoms with van der Waals surface area (Å²) in [4.78, 5) is 15.7. The van der Waals surface area contributed by atoms with Gasteiger partial charge in [0, 0.05) is 30.2 Å². The molecule has 3 rings (SSSR count). The lowest BCUT2D eigenvalue weighted by Gasteiger charge is -2.35. The van der Waals surface area contributed by atoms with Crippen LogP contribution in [-0.2, 0) is 14.8 Å². The number of rotatable bonds is 5. The Morgan fingerprint density at radius 2 is 1.96 bits per heavy atom. The van der Waals surface area contributed by atoms with Gasteiger partial charge < -0.3 is 5.11 Å². The monoisotopic (exact) mass is 408 g/mol. The van der Waals surface area contributed by atoms with Gasteiger partial charge in [0.15, 0.2) is 4.75 Å². The number of hydrogen-bond donors (Lipinski definition) is 1. The van der Waals surface area contributed by atoms with Gasteiger partial charge in [-0.2, -0.15) is 0 Å². The van der Waals surface area contributed by atoms with Crippen molar-refractivity contribution < 1.29 is 18.3 Å². The minimum atomic E-state index is -3.88. The first-order chi connectivity index (χ1) is 12.6. The smallest absolute Gasteiger partial charge is 0.325 e. The first kappa shape index (κ1) is 20.0. The van der Waals surface area contributed by atoms with E-state index in [0.717, 1.165) is 16.1 Å². The third-order valence-electron chi connectivity index (χ3n) is 5.34. The van der Waals surface area contributed by atoms with Crippen LogP contribution in [0.1, 0.15) is 43.7 Å². The number of nitrogens with zero attached hydrogens (tertiary/aromatic N) is 2. The van der Waals surface area contributed by atoms with Gasteiger partial charge in [0.1, 0.15) is 5.01 Å². The lowest BCUT2D eigenvalue weighted by atomic mass is 9.88. The number of hydrogen-bond acceptors (Lipinski definition) is 5. The third kappa shape index (κ3) is 3.66. The zero-order valence-corrected chi connectivity index (χ0v) is 17.3. The molecule has 1 aromatic heterocycles. The molecule has 1 fully saturated rings. The van der Waals surface area contributed by atoms with Crippen molar-refractivity contribution >= 4 is 27.3 Å². The molecular formula is C19H24N2O4S2. The summed E-state index contributed by atoms with van der Waals surface area (Å²) in [5.74, 6) is -1.05. The lowest BCUT2D eigenvalue weighted by molar-refractivity contribution is -0.139. The van der Waals surface area contributed by atoms with Crippen LogP contribution < -0.4 is 0 Å². The molecule has 1 saturated heterocycles. The summed E-state index contributed by atoms with van der Waals surface area (Å²) in [7, 11) is -3.88. The Morgan fingerprint density at radius 3 is 2.48 bits per heavy atom. The molecule has 0 amide bonds. The number of sulfonamides is 1. The molecule has 0 saturated carbocycles. The topological polar surface area (TPSA) is 87.6 Å². The van der Waals surface area contributed by atoms with Crippen LogP contribution in [0.25, 0.3) is 10.6 Å². The van der Waals surface area contributed by atoms with E-state index in [0.29, 0.717) is 25.9 Å². The molecule has 2 heterocycles. The molecule has 1 aliphatic rings. The zero-order chi connectivity index (χ0) is 19.8. The average Bonchev–Trinajstić information content (AvgIpc) is 3.15. The number of carboxylic acids is 1. The number of benzene rings is 1. The number of aryl methyl sites for hydroxylation is 1. The van der Waals surface area contributed by atoms with Gasteiger partial charge in [-0.3, -0.25) is 4.79 Å². The van der Waals surface area contributed by atoms with E-state index in [9.17, 15) is 18.3 Å². The van der Waals surface area contributed by atoms with E-state index in [-0.39, 0.29) is 5.92 Å². The summed E-state index contributed by atoms with van der Waals surface area (Å²) < 4.78 is 24.8. The summed E-state index contributed by atoms with van der Waals surface area (Å²) in [6, 6.07) is 6.34. The highest BCUT2D eigenvalue weighted by Gasteiger charge is 2.46. The molecule has 8 heteroatoms. The molecule has 0 atom stereocenters. The summed E-state index contributed by atoms with van der Waals surface area (Å²) in [5.41, 5.74) is 3.48. The van der Waals surface area contributed by atoms with E-state index in [4.69, 9.17) is 0 Å². The fourth-order valence-corrected chi connectivity index (χ4v) is 5.69. The number of carbonyl (C=O) groups is 1. The maximum Gasteiger partial charge on any atom is 0.325 e. The summed E-state index contributed by atoms with van der Waals surface area (Å²) in [6.07, 6.45) is 3.16. The van der Waals surface area contributed by atoms with E-state index < -0.39 is 20.7 Å². The minimum Gasteiger partial charge on any atom is -0.480 e. The molecule has 0 aliphatic carbocycles. The van der Waals surface area contributed by atoms with Gasteiger partial charge in [-0.15, -0.1) is 11.3 Å². The molecule has 6 nitrogen and oxygen atoms in total. The van der Waals surface area contributed by atoms with E-state index in [1.165, 1.54) is 23.7 Å². The fourth-order valence-electron chi connectivity index (χ4n) is 3.40. The molecule has 0 unspecified atom stereocenters. The highest BCUT2D eigenvalue weighted by molar-refractivity contribution is 7.91. The predicted octanol–water partition coefficient (Wildman–Crippen LogP) is 3.49. The number of aromatic nitrogens is 1. The van der Waals surface area contributed by atoms with Crippen LogP contribution in [0.5, 0.6) is 0 Å². The van der Waals surface area contributed by atoms with Crippen molar-refractivity contribution in [3.05, 3.63) is 40.9 Å². The lowest BCUT2D eigenvalue weighted by Crippen LogP contribution is -2.51. The van der Waals surface area contributed by atoms with Crippen LogP contribution in [-0.4, -0.2) is 46.6 Å². The van der Waals surface area contributed by atoms with E-state index in [1.807, 2.05) is 5.38 Å².